The van der Waals surface area contributed by atoms with Crippen LogP contribution >= 0.6 is 11.3 Å². The first kappa shape index (κ1) is 16.2. The maximum Gasteiger partial charge on any atom is 0.265 e. The van der Waals surface area contributed by atoms with Crippen LogP contribution in [0.3, 0.4) is 0 Å². The average Bonchev–Trinajstić information content (AvgIpc) is 2.91. The topological polar surface area (TPSA) is 72.2 Å². The summed E-state index contributed by atoms with van der Waals surface area (Å²) < 4.78 is 0. The molecule has 116 valence electrons. The molecule has 1 aromatic carbocycles. The lowest BCUT2D eigenvalue weighted by Crippen LogP contribution is -2.17. The number of rotatable bonds is 6. The highest BCUT2D eigenvalue weighted by atomic mass is 32.1. The summed E-state index contributed by atoms with van der Waals surface area (Å²) in [6, 6.07) is 8.70. The van der Waals surface area contributed by atoms with E-state index in [0.717, 1.165) is 19.3 Å². The third-order valence-corrected chi connectivity index (χ3v) is 4.65. The summed E-state index contributed by atoms with van der Waals surface area (Å²) in [4.78, 5) is 25.8. The Morgan fingerprint density at radius 3 is 2.59 bits per heavy atom. The SMILES string of the molecule is CCCc1sc(C(=O)Nc2ccccc2C(N)=O)cc1CC. The zero-order chi connectivity index (χ0) is 16.1. The third-order valence-electron chi connectivity index (χ3n) is 3.42. The Bertz CT molecular complexity index is 692. The number of anilines is 1. The van der Waals surface area contributed by atoms with Crippen molar-refractivity contribution in [2.75, 3.05) is 5.32 Å². The summed E-state index contributed by atoms with van der Waals surface area (Å²) in [5.41, 5.74) is 7.32. The fraction of sp³-hybridized carbons (Fsp3) is 0.294. The smallest absolute Gasteiger partial charge is 0.265 e. The minimum absolute atomic E-state index is 0.198. The van der Waals surface area contributed by atoms with Crippen LogP contribution < -0.4 is 11.1 Å². The highest BCUT2D eigenvalue weighted by Gasteiger charge is 2.16. The number of carbonyl (C=O) groups is 2. The van der Waals surface area contributed by atoms with E-state index in [1.807, 2.05) is 6.07 Å². The Morgan fingerprint density at radius 2 is 1.95 bits per heavy atom. The van der Waals surface area contributed by atoms with Gasteiger partial charge in [0, 0.05) is 4.88 Å². The molecule has 0 aliphatic carbocycles. The Balaban J connectivity index is 2.24. The second-order valence-corrected chi connectivity index (χ2v) is 6.16. The maximum absolute atomic E-state index is 12.4. The van der Waals surface area contributed by atoms with Gasteiger partial charge in [-0.1, -0.05) is 32.4 Å². The normalized spacial score (nSPS) is 10.5. The van der Waals surface area contributed by atoms with Crippen molar-refractivity contribution in [3.05, 3.63) is 51.2 Å². The van der Waals surface area contributed by atoms with E-state index in [1.165, 1.54) is 21.8 Å². The third kappa shape index (κ3) is 3.54. The molecule has 0 saturated heterocycles. The molecule has 0 aliphatic heterocycles. The molecule has 4 nitrogen and oxygen atoms in total. The molecule has 2 aromatic rings. The van der Waals surface area contributed by atoms with Crippen LogP contribution in [0.2, 0.25) is 0 Å². The molecule has 3 N–H and O–H groups in total. The zero-order valence-electron chi connectivity index (χ0n) is 12.8. The predicted octanol–water partition coefficient (Wildman–Crippen LogP) is 3.61. The van der Waals surface area contributed by atoms with Gasteiger partial charge in [-0.2, -0.15) is 0 Å². The van der Waals surface area contributed by atoms with E-state index in [-0.39, 0.29) is 5.91 Å². The maximum atomic E-state index is 12.4. The van der Waals surface area contributed by atoms with Gasteiger partial charge in [0.25, 0.3) is 11.8 Å². The summed E-state index contributed by atoms with van der Waals surface area (Å²) in [5, 5.41) is 2.79. The second-order valence-electron chi connectivity index (χ2n) is 5.03. The van der Waals surface area contributed by atoms with Crippen molar-refractivity contribution >= 4 is 28.8 Å². The number of thiophene rings is 1. The van der Waals surface area contributed by atoms with Gasteiger partial charge in [0.15, 0.2) is 0 Å². The Kier molecular flexibility index (Phi) is 5.33. The van der Waals surface area contributed by atoms with Crippen LogP contribution in [0.5, 0.6) is 0 Å². The van der Waals surface area contributed by atoms with Crippen LogP contribution in [-0.2, 0) is 12.8 Å². The lowest BCUT2D eigenvalue weighted by molar-refractivity contribution is 0.100. The van der Waals surface area contributed by atoms with Crippen molar-refractivity contribution in [3.8, 4) is 0 Å². The van der Waals surface area contributed by atoms with E-state index < -0.39 is 5.91 Å². The van der Waals surface area contributed by atoms with Gasteiger partial charge in [-0.25, -0.2) is 0 Å². The van der Waals surface area contributed by atoms with Gasteiger partial charge in [-0.3, -0.25) is 9.59 Å². The van der Waals surface area contributed by atoms with Crippen molar-refractivity contribution in [3.63, 3.8) is 0 Å². The summed E-state index contributed by atoms with van der Waals surface area (Å²) >= 11 is 1.52. The van der Waals surface area contributed by atoms with Crippen molar-refractivity contribution in [1.82, 2.24) is 0 Å². The standard InChI is InChI=1S/C17H20N2O2S/c1-3-7-14-11(4-2)10-15(22-14)17(21)19-13-9-6-5-8-12(13)16(18)20/h5-6,8-10H,3-4,7H2,1-2H3,(H2,18,20)(H,19,21). The molecule has 0 bridgehead atoms. The molecule has 0 fully saturated rings. The number of hydrogen-bond acceptors (Lipinski definition) is 3. The van der Waals surface area contributed by atoms with Crippen LogP contribution in [0, 0.1) is 0 Å². The van der Waals surface area contributed by atoms with E-state index >= 15 is 0 Å². The van der Waals surface area contributed by atoms with Crippen molar-refractivity contribution < 1.29 is 9.59 Å². The molecule has 0 saturated carbocycles. The monoisotopic (exact) mass is 316 g/mol. The number of aryl methyl sites for hydroxylation is 2. The minimum Gasteiger partial charge on any atom is -0.366 e. The largest absolute Gasteiger partial charge is 0.366 e. The minimum atomic E-state index is -0.553. The Labute approximate surface area is 134 Å². The number of carbonyl (C=O) groups excluding carboxylic acids is 2. The zero-order valence-corrected chi connectivity index (χ0v) is 13.6. The molecular weight excluding hydrogens is 296 g/mol. The van der Waals surface area contributed by atoms with Crippen LogP contribution in [0.4, 0.5) is 5.69 Å². The predicted molar refractivity (Wildman–Crippen MR) is 90.6 cm³/mol. The number of benzene rings is 1. The Hall–Kier alpha value is -2.14. The fourth-order valence-electron chi connectivity index (χ4n) is 2.31. The summed E-state index contributed by atoms with van der Waals surface area (Å²) in [7, 11) is 0. The van der Waals surface area contributed by atoms with Gasteiger partial charge in [0.2, 0.25) is 0 Å². The number of amides is 2. The molecule has 2 amide bonds. The lowest BCUT2D eigenvalue weighted by atomic mass is 10.1. The van der Waals surface area contributed by atoms with Gasteiger partial charge < -0.3 is 11.1 Å². The number of nitrogens with two attached hydrogens (primary N) is 1. The molecule has 0 spiro atoms. The molecule has 5 heteroatoms. The van der Waals surface area contributed by atoms with Crippen molar-refractivity contribution in [1.29, 1.82) is 0 Å². The first-order chi connectivity index (χ1) is 10.6. The van der Waals surface area contributed by atoms with E-state index in [0.29, 0.717) is 16.1 Å². The van der Waals surface area contributed by atoms with E-state index in [4.69, 9.17) is 5.73 Å². The fourth-order valence-corrected chi connectivity index (χ4v) is 3.56. The Morgan fingerprint density at radius 1 is 1.23 bits per heavy atom. The van der Waals surface area contributed by atoms with Gasteiger partial charge in [-0.05, 0) is 36.6 Å². The summed E-state index contributed by atoms with van der Waals surface area (Å²) in [5.74, 6) is -0.751. The van der Waals surface area contributed by atoms with Gasteiger partial charge in [0.05, 0.1) is 16.1 Å². The molecule has 1 heterocycles. The van der Waals surface area contributed by atoms with E-state index in [2.05, 4.69) is 19.2 Å². The summed E-state index contributed by atoms with van der Waals surface area (Å²) in [6.07, 6.45) is 2.95. The number of nitrogens with one attached hydrogen (secondary N) is 1. The molecule has 2 rings (SSSR count). The van der Waals surface area contributed by atoms with Crippen LogP contribution in [0.15, 0.2) is 30.3 Å². The van der Waals surface area contributed by atoms with E-state index in [1.54, 1.807) is 24.3 Å². The molecule has 22 heavy (non-hydrogen) atoms. The van der Waals surface area contributed by atoms with Gasteiger partial charge >= 0.3 is 0 Å². The van der Waals surface area contributed by atoms with Crippen LogP contribution in [0.25, 0.3) is 0 Å². The molecule has 0 radical (unpaired) electrons. The highest BCUT2D eigenvalue weighted by molar-refractivity contribution is 7.14. The molecule has 0 atom stereocenters. The second kappa shape index (κ2) is 7.22. The van der Waals surface area contributed by atoms with Gasteiger partial charge in [-0.15, -0.1) is 11.3 Å². The molecule has 0 aliphatic rings. The highest BCUT2D eigenvalue weighted by Crippen LogP contribution is 2.26. The molecule has 0 unspecified atom stereocenters. The number of para-hydroxylation sites is 1. The van der Waals surface area contributed by atoms with Crippen LogP contribution in [0.1, 0.15) is 50.7 Å². The van der Waals surface area contributed by atoms with Crippen LogP contribution in [-0.4, -0.2) is 11.8 Å². The number of primary amides is 1. The first-order valence-electron chi connectivity index (χ1n) is 7.38. The van der Waals surface area contributed by atoms with Gasteiger partial charge in [0.1, 0.15) is 0 Å². The van der Waals surface area contributed by atoms with E-state index in [9.17, 15) is 9.59 Å². The lowest BCUT2D eigenvalue weighted by Gasteiger charge is -2.07. The molecule has 1 aromatic heterocycles. The summed E-state index contributed by atoms with van der Waals surface area (Å²) in [6.45, 7) is 4.22. The number of hydrogen-bond donors (Lipinski definition) is 2. The van der Waals surface area contributed by atoms with Crippen molar-refractivity contribution in [2.45, 2.75) is 33.1 Å². The average molecular weight is 316 g/mol. The van der Waals surface area contributed by atoms with Crippen molar-refractivity contribution in [2.24, 2.45) is 5.73 Å². The molecular formula is C17H20N2O2S. The quantitative estimate of drug-likeness (QED) is 0.854. The first-order valence-corrected chi connectivity index (χ1v) is 8.20.